The van der Waals surface area contributed by atoms with Crippen molar-refractivity contribution in [3.8, 4) is 0 Å². The SMILES string of the molecule is Cc1c(C(=O)O)cnn1C1CCN(C(=O)CCSc2ccccc2)CC1. The van der Waals surface area contributed by atoms with Gasteiger partial charge in [0.15, 0.2) is 0 Å². The summed E-state index contributed by atoms with van der Waals surface area (Å²) >= 11 is 1.70. The van der Waals surface area contributed by atoms with E-state index in [2.05, 4.69) is 17.2 Å². The van der Waals surface area contributed by atoms with Crippen molar-refractivity contribution in [1.29, 1.82) is 0 Å². The van der Waals surface area contributed by atoms with Gasteiger partial charge in [0, 0.05) is 30.2 Å². The Kier molecular flexibility index (Phi) is 5.98. The number of benzene rings is 1. The van der Waals surface area contributed by atoms with Crippen LogP contribution in [0.4, 0.5) is 0 Å². The number of aromatic carboxylic acids is 1. The van der Waals surface area contributed by atoms with Gasteiger partial charge >= 0.3 is 5.97 Å². The highest BCUT2D eigenvalue weighted by atomic mass is 32.2. The Morgan fingerprint density at radius 1 is 1.23 bits per heavy atom. The van der Waals surface area contributed by atoms with E-state index >= 15 is 0 Å². The molecule has 1 aromatic heterocycles. The molecule has 2 aromatic rings. The van der Waals surface area contributed by atoms with Gasteiger partial charge in [-0.3, -0.25) is 9.48 Å². The first-order chi connectivity index (χ1) is 12.6. The highest BCUT2D eigenvalue weighted by Gasteiger charge is 2.26. The highest BCUT2D eigenvalue weighted by Crippen LogP contribution is 2.25. The molecular weight excluding hydrogens is 350 g/mol. The lowest BCUT2D eigenvalue weighted by molar-refractivity contribution is -0.132. The monoisotopic (exact) mass is 373 g/mol. The molecule has 6 nitrogen and oxygen atoms in total. The van der Waals surface area contributed by atoms with Crippen molar-refractivity contribution in [1.82, 2.24) is 14.7 Å². The van der Waals surface area contributed by atoms with E-state index in [1.807, 2.05) is 23.1 Å². The van der Waals surface area contributed by atoms with E-state index in [-0.39, 0.29) is 17.5 Å². The molecule has 1 aromatic carbocycles. The smallest absolute Gasteiger partial charge is 0.339 e. The second kappa shape index (κ2) is 8.40. The molecule has 7 heteroatoms. The maximum Gasteiger partial charge on any atom is 0.339 e. The van der Waals surface area contributed by atoms with Gasteiger partial charge in [0.25, 0.3) is 0 Å². The lowest BCUT2D eigenvalue weighted by Crippen LogP contribution is -2.39. The van der Waals surface area contributed by atoms with Crippen molar-refractivity contribution >= 4 is 23.6 Å². The molecule has 3 rings (SSSR count). The molecule has 1 N–H and O–H groups in total. The first-order valence-electron chi connectivity index (χ1n) is 8.79. The third-order valence-electron chi connectivity index (χ3n) is 4.77. The Hall–Kier alpha value is -2.28. The van der Waals surface area contributed by atoms with Crippen LogP contribution in [0.25, 0.3) is 0 Å². The topological polar surface area (TPSA) is 75.4 Å². The molecule has 1 saturated heterocycles. The van der Waals surface area contributed by atoms with Crippen molar-refractivity contribution in [3.05, 3.63) is 47.8 Å². The molecule has 1 fully saturated rings. The van der Waals surface area contributed by atoms with Crippen LogP contribution in [0.1, 0.15) is 41.4 Å². The number of carbonyl (C=O) groups is 2. The summed E-state index contributed by atoms with van der Waals surface area (Å²) in [6.07, 6.45) is 3.56. The highest BCUT2D eigenvalue weighted by molar-refractivity contribution is 7.99. The maximum absolute atomic E-state index is 12.4. The number of aromatic nitrogens is 2. The van der Waals surface area contributed by atoms with Crippen LogP contribution in [0.2, 0.25) is 0 Å². The second-order valence-corrected chi connectivity index (χ2v) is 7.59. The maximum atomic E-state index is 12.4. The average molecular weight is 373 g/mol. The Morgan fingerprint density at radius 3 is 2.54 bits per heavy atom. The Balaban J connectivity index is 1.47. The molecule has 1 aliphatic heterocycles. The summed E-state index contributed by atoms with van der Waals surface area (Å²) in [6.45, 7) is 3.18. The molecule has 0 radical (unpaired) electrons. The molecule has 26 heavy (non-hydrogen) atoms. The zero-order chi connectivity index (χ0) is 18.5. The van der Waals surface area contributed by atoms with Gasteiger partial charge < -0.3 is 10.0 Å². The minimum atomic E-state index is -0.947. The fourth-order valence-corrected chi connectivity index (χ4v) is 4.15. The van der Waals surface area contributed by atoms with Crippen LogP contribution < -0.4 is 0 Å². The van der Waals surface area contributed by atoms with Crippen LogP contribution in [0.3, 0.4) is 0 Å². The number of carboxylic acids is 1. The predicted molar refractivity (Wildman–Crippen MR) is 101 cm³/mol. The molecule has 1 amide bonds. The van der Waals surface area contributed by atoms with Gasteiger partial charge in [-0.25, -0.2) is 4.79 Å². The number of hydrogen-bond donors (Lipinski definition) is 1. The standard InChI is InChI=1S/C19H23N3O3S/c1-14-17(19(24)25)13-20-22(14)15-7-10-21(11-8-15)18(23)9-12-26-16-5-3-2-4-6-16/h2-6,13,15H,7-12H2,1H3,(H,24,25). The van der Waals surface area contributed by atoms with E-state index in [0.717, 1.165) is 18.6 Å². The Bertz CT molecular complexity index is 768. The van der Waals surface area contributed by atoms with Crippen molar-refractivity contribution in [2.75, 3.05) is 18.8 Å². The molecule has 1 aliphatic rings. The zero-order valence-corrected chi connectivity index (χ0v) is 15.6. The third kappa shape index (κ3) is 4.27. The minimum Gasteiger partial charge on any atom is -0.478 e. The van der Waals surface area contributed by atoms with E-state index in [0.29, 0.717) is 25.2 Å². The molecule has 0 saturated carbocycles. The molecule has 138 valence electrons. The lowest BCUT2D eigenvalue weighted by atomic mass is 10.0. The number of carbonyl (C=O) groups excluding carboxylic acids is 1. The average Bonchev–Trinajstić information content (AvgIpc) is 3.04. The van der Waals surface area contributed by atoms with Crippen molar-refractivity contribution in [2.45, 2.75) is 37.1 Å². The number of piperidine rings is 1. The fourth-order valence-electron chi connectivity index (χ4n) is 3.29. The van der Waals surface area contributed by atoms with Gasteiger partial charge in [-0.1, -0.05) is 18.2 Å². The normalized spacial score (nSPS) is 15.2. The zero-order valence-electron chi connectivity index (χ0n) is 14.8. The second-order valence-electron chi connectivity index (χ2n) is 6.42. The molecule has 0 unspecified atom stereocenters. The van der Waals surface area contributed by atoms with Crippen molar-refractivity contribution in [2.24, 2.45) is 0 Å². The molecule has 0 atom stereocenters. The molecular formula is C19H23N3O3S. The van der Waals surface area contributed by atoms with E-state index in [1.54, 1.807) is 23.4 Å². The van der Waals surface area contributed by atoms with E-state index in [1.165, 1.54) is 11.1 Å². The Morgan fingerprint density at radius 2 is 1.92 bits per heavy atom. The predicted octanol–water partition coefficient (Wildman–Crippen LogP) is 3.24. The lowest BCUT2D eigenvalue weighted by Gasteiger charge is -2.32. The number of hydrogen-bond acceptors (Lipinski definition) is 4. The summed E-state index contributed by atoms with van der Waals surface area (Å²) in [6, 6.07) is 10.3. The summed E-state index contributed by atoms with van der Waals surface area (Å²) in [4.78, 5) is 26.7. The number of amides is 1. The summed E-state index contributed by atoms with van der Waals surface area (Å²) in [7, 11) is 0. The van der Waals surface area contributed by atoms with Gasteiger partial charge in [0.1, 0.15) is 5.56 Å². The minimum absolute atomic E-state index is 0.158. The summed E-state index contributed by atoms with van der Waals surface area (Å²) in [5, 5.41) is 13.4. The van der Waals surface area contributed by atoms with Gasteiger partial charge in [-0.05, 0) is 31.9 Å². The number of thioether (sulfide) groups is 1. The summed E-state index contributed by atoms with van der Waals surface area (Å²) in [5.74, 6) is 0.0239. The van der Waals surface area contributed by atoms with Crippen LogP contribution in [0, 0.1) is 6.92 Å². The third-order valence-corrected chi connectivity index (χ3v) is 5.78. The number of likely N-dealkylation sites (tertiary alicyclic amines) is 1. The molecule has 0 aliphatic carbocycles. The van der Waals surface area contributed by atoms with Crippen LogP contribution in [0.5, 0.6) is 0 Å². The summed E-state index contributed by atoms with van der Waals surface area (Å²) < 4.78 is 1.80. The summed E-state index contributed by atoms with van der Waals surface area (Å²) in [5.41, 5.74) is 0.933. The molecule has 0 spiro atoms. The fraction of sp³-hybridized carbons (Fsp3) is 0.421. The van der Waals surface area contributed by atoms with E-state index < -0.39 is 5.97 Å². The van der Waals surface area contributed by atoms with E-state index in [9.17, 15) is 9.59 Å². The Labute approximate surface area is 157 Å². The van der Waals surface area contributed by atoms with Gasteiger partial charge in [-0.15, -0.1) is 11.8 Å². The van der Waals surface area contributed by atoms with Crippen LogP contribution >= 0.6 is 11.8 Å². The largest absolute Gasteiger partial charge is 0.478 e. The van der Waals surface area contributed by atoms with Gasteiger partial charge in [0.2, 0.25) is 5.91 Å². The van der Waals surface area contributed by atoms with Gasteiger partial charge in [-0.2, -0.15) is 5.10 Å². The van der Waals surface area contributed by atoms with Crippen LogP contribution in [-0.2, 0) is 4.79 Å². The van der Waals surface area contributed by atoms with Gasteiger partial charge in [0.05, 0.1) is 17.9 Å². The van der Waals surface area contributed by atoms with Crippen molar-refractivity contribution in [3.63, 3.8) is 0 Å². The molecule has 0 bridgehead atoms. The quantitative estimate of drug-likeness (QED) is 0.787. The first kappa shape index (κ1) is 18.5. The number of rotatable bonds is 6. The first-order valence-corrected chi connectivity index (χ1v) is 9.78. The number of carboxylic acid groups (broad SMARTS) is 1. The van der Waals surface area contributed by atoms with Crippen LogP contribution in [-0.4, -0.2) is 50.5 Å². The van der Waals surface area contributed by atoms with E-state index in [4.69, 9.17) is 5.11 Å². The van der Waals surface area contributed by atoms with Crippen LogP contribution in [0.15, 0.2) is 41.4 Å². The number of nitrogens with zero attached hydrogens (tertiary/aromatic N) is 3. The van der Waals surface area contributed by atoms with Crippen molar-refractivity contribution < 1.29 is 14.7 Å². The molecule has 2 heterocycles.